The lowest BCUT2D eigenvalue weighted by Crippen LogP contribution is -2.02. The zero-order valence-corrected chi connectivity index (χ0v) is 11.8. The van der Waals surface area contributed by atoms with E-state index in [1.165, 1.54) is 32.1 Å². The number of ether oxygens (including phenoxy) is 1. The number of nitrogens with zero attached hydrogens (tertiary/aromatic N) is 1. The molecule has 0 aliphatic rings. The maximum Gasteiger partial charge on any atom is 0.298 e. The summed E-state index contributed by atoms with van der Waals surface area (Å²) < 4.78 is 6.25. The van der Waals surface area contributed by atoms with E-state index >= 15 is 0 Å². The second-order valence-electron chi connectivity index (χ2n) is 3.92. The molecule has 1 rings (SSSR count). The van der Waals surface area contributed by atoms with Crippen molar-refractivity contribution in [1.82, 2.24) is 15.0 Å². The minimum atomic E-state index is 0.353. The lowest BCUT2D eigenvalue weighted by atomic mass is 10.1. The van der Waals surface area contributed by atoms with Gasteiger partial charge in [0.05, 0.1) is 6.61 Å². The SMILES string of the molecule is CCCCCCCCOc1nc(=S)[nH]c(=S)[nH]1. The maximum atomic E-state index is 5.45. The van der Waals surface area contributed by atoms with Crippen LogP contribution in [0.5, 0.6) is 6.01 Å². The lowest BCUT2D eigenvalue weighted by Gasteiger charge is -2.04. The van der Waals surface area contributed by atoms with Crippen molar-refractivity contribution in [3.05, 3.63) is 9.54 Å². The molecule has 0 atom stereocenters. The smallest absolute Gasteiger partial charge is 0.298 e. The average molecular weight is 273 g/mol. The number of hydrogen-bond donors (Lipinski definition) is 2. The van der Waals surface area contributed by atoms with Crippen molar-refractivity contribution in [2.75, 3.05) is 6.61 Å². The fourth-order valence-corrected chi connectivity index (χ4v) is 1.93. The monoisotopic (exact) mass is 273 g/mol. The minimum absolute atomic E-state index is 0.353. The summed E-state index contributed by atoms with van der Waals surface area (Å²) in [5, 5.41) is 0. The molecule has 1 aromatic rings. The van der Waals surface area contributed by atoms with Gasteiger partial charge in [0.15, 0.2) is 4.77 Å². The van der Waals surface area contributed by atoms with E-state index in [9.17, 15) is 0 Å². The van der Waals surface area contributed by atoms with Crippen molar-refractivity contribution >= 4 is 24.4 Å². The van der Waals surface area contributed by atoms with Gasteiger partial charge in [0.2, 0.25) is 4.77 Å². The molecule has 0 spiro atoms. The first-order valence-corrected chi connectivity index (χ1v) is 6.87. The Morgan fingerprint density at radius 2 is 1.76 bits per heavy atom. The molecule has 0 bridgehead atoms. The highest BCUT2D eigenvalue weighted by Gasteiger charge is 1.96. The standard InChI is InChI=1S/C11H19N3OS2/c1-2-3-4-5-6-7-8-15-9-12-10(16)14-11(17)13-9/h2-8H2,1H3,(H2,12,13,14,16,17). The maximum absolute atomic E-state index is 5.45. The summed E-state index contributed by atoms with van der Waals surface area (Å²) >= 11 is 9.84. The van der Waals surface area contributed by atoms with Crippen molar-refractivity contribution in [2.24, 2.45) is 0 Å². The minimum Gasteiger partial charge on any atom is -0.465 e. The fourth-order valence-electron chi connectivity index (χ4n) is 1.49. The highest BCUT2D eigenvalue weighted by molar-refractivity contribution is 7.71. The zero-order valence-electron chi connectivity index (χ0n) is 10.1. The van der Waals surface area contributed by atoms with Crippen LogP contribution in [0.25, 0.3) is 0 Å². The Kier molecular flexibility index (Phi) is 7.04. The molecule has 0 unspecified atom stereocenters. The number of H-pyrrole nitrogens is 2. The van der Waals surface area contributed by atoms with Gasteiger partial charge in [0.1, 0.15) is 0 Å². The van der Waals surface area contributed by atoms with E-state index < -0.39 is 0 Å². The molecule has 17 heavy (non-hydrogen) atoms. The number of rotatable bonds is 8. The van der Waals surface area contributed by atoms with Crippen LogP contribution in [0, 0.1) is 9.54 Å². The number of hydrogen-bond acceptors (Lipinski definition) is 4. The summed E-state index contributed by atoms with van der Waals surface area (Å²) in [5.74, 6) is 0. The predicted molar refractivity (Wildman–Crippen MR) is 73.5 cm³/mol. The summed E-state index contributed by atoms with van der Waals surface area (Å²) in [6.45, 7) is 2.87. The van der Waals surface area contributed by atoms with Gasteiger partial charge < -0.3 is 9.72 Å². The third-order valence-electron chi connectivity index (χ3n) is 2.38. The van der Waals surface area contributed by atoms with E-state index in [0.29, 0.717) is 22.2 Å². The average Bonchev–Trinajstić information content (AvgIpc) is 2.26. The molecule has 0 aliphatic heterocycles. The third kappa shape index (κ3) is 6.53. The van der Waals surface area contributed by atoms with Crippen molar-refractivity contribution in [3.63, 3.8) is 0 Å². The number of nitrogens with one attached hydrogen (secondary N) is 2. The molecule has 0 amide bonds. The molecule has 0 aromatic carbocycles. The van der Waals surface area contributed by atoms with Crippen molar-refractivity contribution < 1.29 is 4.74 Å². The van der Waals surface area contributed by atoms with Crippen LogP contribution in [0.15, 0.2) is 0 Å². The van der Waals surface area contributed by atoms with Gasteiger partial charge in [-0.2, -0.15) is 4.98 Å². The molecule has 6 heteroatoms. The van der Waals surface area contributed by atoms with Gasteiger partial charge in [-0.05, 0) is 30.9 Å². The van der Waals surface area contributed by atoms with E-state index in [-0.39, 0.29) is 0 Å². The molecule has 0 fully saturated rings. The Bertz CT molecular complexity index is 399. The van der Waals surface area contributed by atoms with Crippen LogP contribution in [0.1, 0.15) is 45.4 Å². The molecule has 0 saturated heterocycles. The highest BCUT2D eigenvalue weighted by Crippen LogP contribution is 2.06. The van der Waals surface area contributed by atoms with Crippen molar-refractivity contribution in [2.45, 2.75) is 45.4 Å². The number of aromatic nitrogens is 3. The Hall–Kier alpha value is -0.750. The first kappa shape index (κ1) is 14.3. The first-order chi connectivity index (χ1) is 8.22. The second-order valence-corrected chi connectivity index (χ2v) is 4.71. The summed E-state index contributed by atoms with van der Waals surface area (Å²) in [6.07, 6.45) is 7.42. The van der Waals surface area contributed by atoms with Crippen molar-refractivity contribution in [3.8, 4) is 6.01 Å². The fraction of sp³-hybridized carbons (Fsp3) is 0.727. The van der Waals surface area contributed by atoms with Gasteiger partial charge in [0.25, 0.3) is 6.01 Å². The largest absolute Gasteiger partial charge is 0.465 e. The Balaban J connectivity index is 2.18. The first-order valence-electron chi connectivity index (χ1n) is 6.06. The Labute approximate surface area is 112 Å². The molecule has 96 valence electrons. The molecule has 0 aliphatic carbocycles. The second kappa shape index (κ2) is 8.36. The summed E-state index contributed by atoms with van der Waals surface area (Å²) in [4.78, 5) is 9.53. The Morgan fingerprint density at radius 1 is 1.06 bits per heavy atom. The number of unbranched alkanes of at least 4 members (excludes halogenated alkanes) is 5. The highest BCUT2D eigenvalue weighted by atomic mass is 32.1. The van der Waals surface area contributed by atoms with Crippen molar-refractivity contribution in [1.29, 1.82) is 0 Å². The molecule has 0 radical (unpaired) electrons. The van der Waals surface area contributed by atoms with Crippen LogP contribution >= 0.6 is 24.4 Å². The molecule has 2 N–H and O–H groups in total. The van der Waals surface area contributed by atoms with Gasteiger partial charge in [-0.3, -0.25) is 4.98 Å². The van der Waals surface area contributed by atoms with E-state index in [1.54, 1.807) is 0 Å². The van der Waals surface area contributed by atoms with E-state index in [0.717, 1.165) is 6.42 Å². The van der Waals surface area contributed by atoms with Gasteiger partial charge in [0, 0.05) is 0 Å². The van der Waals surface area contributed by atoms with Gasteiger partial charge in [-0.15, -0.1) is 0 Å². The molecule has 4 nitrogen and oxygen atoms in total. The normalized spacial score (nSPS) is 10.4. The summed E-state index contributed by atoms with van der Waals surface area (Å²) in [6, 6.07) is 0.410. The molecular formula is C11H19N3OS2. The molecule has 1 heterocycles. The molecular weight excluding hydrogens is 254 g/mol. The number of aromatic amines is 2. The van der Waals surface area contributed by atoms with Gasteiger partial charge in [-0.25, -0.2) is 0 Å². The van der Waals surface area contributed by atoms with Crippen LogP contribution in [-0.2, 0) is 0 Å². The van der Waals surface area contributed by atoms with E-state index in [1.807, 2.05) is 0 Å². The Morgan fingerprint density at radius 3 is 2.47 bits per heavy atom. The summed E-state index contributed by atoms with van der Waals surface area (Å²) in [7, 11) is 0. The van der Waals surface area contributed by atoms with Crippen LogP contribution in [0.2, 0.25) is 0 Å². The van der Waals surface area contributed by atoms with Crippen LogP contribution in [0.4, 0.5) is 0 Å². The zero-order chi connectivity index (χ0) is 12.5. The van der Waals surface area contributed by atoms with E-state index in [4.69, 9.17) is 29.2 Å². The lowest BCUT2D eigenvalue weighted by molar-refractivity contribution is 0.279. The van der Waals surface area contributed by atoms with Crippen LogP contribution < -0.4 is 4.74 Å². The predicted octanol–water partition coefficient (Wildman–Crippen LogP) is 3.94. The molecule has 0 saturated carbocycles. The topological polar surface area (TPSA) is 53.7 Å². The quantitative estimate of drug-likeness (QED) is 0.556. The summed E-state index contributed by atoms with van der Waals surface area (Å²) in [5.41, 5.74) is 0. The van der Waals surface area contributed by atoms with Crippen LogP contribution in [-0.4, -0.2) is 21.6 Å². The molecule has 1 aromatic heterocycles. The van der Waals surface area contributed by atoms with Gasteiger partial charge >= 0.3 is 0 Å². The van der Waals surface area contributed by atoms with E-state index in [2.05, 4.69) is 21.9 Å². The van der Waals surface area contributed by atoms with Gasteiger partial charge in [-0.1, -0.05) is 39.0 Å². The van der Waals surface area contributed by atoms with Crippen LogP contribution in [0.3, 0.4) is 0 Å². The third-order valence-corrected chi connectivity index (χ3v) is 2.78.